The molecule has 1 aromatic carbocycles. The summed E-state index contributed by atoms with van der Waals surface area (Å²) in [5.41, 5.74) is 0.280. The third-order valence-electron chi connectivity index (χ3n) is 4.68. The quantitative estimate of drug-likeness (QED) is 0.799. The van der Waals surface area contributed by atoms with E-state index in [9.17, 15) is 9.59 Å². The van der Waals surface area contributed by atoms with Crippen LogP contribution in [0.4, 0.5) is 0 Å². The first-order chi connectivity index (χ1) is 11.9. The molecule has 1 aliphatic carbocycles. The van der Waals surface area contributed by atoms with E-state index in [4.69, 9.17) is 14.2 Å². The van der Waals surface area contributed by atoms with Gasteiger partial charge in [0.1, 0.15) is 11.5 Å². The predicted molar refractivity (Wildman–Crippen MR) is 94.0 cm³/mol. The zero-order chi connectivity index (χ0) is 18.4. The molecule has 1 saturated carbocycles. The van der Waals surface area contributed by atoms with Gasteiger partial charge in [0.05, 0.1) is 19.8 Å². The summed E-state index contributed by atoms with van der Waals surface area (Å²) in [6.07, 6.45) is 3.55. The second kappa shape index (κ2) is 8.74. The van der Waals surface area contributed by atoms with Gasteiger partial charge in [0.25, 0.3) is 5.91 Å². The topological polar surface area (TPSA) is 73.9 Å². The van der Waals surface area contributed by atoms with E-state index in [2.05, 4.69) is 12.2 Å². The molecule has 1 fully saturated rings. The Morgan fingerprint density at radius 2 is 1.68 bits per heavy atom. The van der Waals surface area contributed by atoms with E-state index in [0.717, 1.165) is 19.3 Å². The number of carbonyl (C=O) groups excluding carboxylic acids is 2. The molecule has 1 aromatic rings. The lowest BCUT2D eigenvalue weighted by molar-refractivity contribution is -0.130. The highest BCUT2D eigenvalue weighted by Crippen LogP contribution is 2.25. The number of carbonyl (C=O) groups is 2. The average molecular weight is 349 g/mol. The van der Waals surface area contributed by atoms with E-state index in [0.29, 0.717) is 17.4 Å². The van der Waals surface area contributed by atoms with Gasteiger partial charge in [-0.2, -0.15) is 0 Å². The van der Waals surface area contributed by atoms with E-state index in [-0.39, 0.29) is 17.5 Å². The summed E-state index contributed by atoms with van der Waals surface area (Å²) in [6, 6.07) is 4.92. The second-order valence-corrected chi connectivity index (χ2v) is 6.53. The van der Waals surface area contributed by atoms with Crippen LogP contribution in [0.25, 0.3) is 0 Å². The Morgan fingerprint density at radius 3 is 2.24 bits per heavy atom. The van der Waals surface area contributed by atoms with Crippen molar-refractivity contribution >= 4 is 11.9 Å². The van der Waals surface area contributed by atoms with Crippen molar-refractivity contribution in [3.05, 3.63) is 23.8 Å². The molecule has 0 bridgehead atoms. The Balaban J connectivity index is 1.98. The lowest BCUT2D eigenvalue weighted by atomic mass is 9.86. The third kappa shape index (κ3) is 5.11. The molecular weight excluding hydrogens is 322 g/mol. The van der Waals surface area contributed by atoms with E-state index in [1.54, 1.807) is 25.1 Å². The molecule has 1 aliphatic rings. The lowest BCUT2D eigenvalue weighted by Crippen LogP contribution is -2.45. The van der Waals surface area contributed by atoms with Gasteiger partial charge in [-0.1, -0.05) is 19.8 Å². The van der Waals surface area contributed by atoms with Crippen LogP contribution >= 0.6 is 0 Å². The monoisotopic (exact) mass is 349 g/mol. The maximum absolute atomic E-state index is 12.3. The van der Waals surface area contributed by atoms with Crippen LogP contribution in [0, 0.1) is 5.92 Å². The van der Waals surface area contributed by atoms with Gasteiger partial charge in [0.2, 0.25) is 0 Å². The van der Waals surface area contributed by atoms with Crippen molar-refractivity contribution in [2.24, 2.45) is 5.92 Å². The summed E-state index contributed by atoms with van der Waals surface area (Å²) < 4.78 is 15.6. The second-order valence-electron chi connectivity index (χ2n) is 6.53. The summed E-state index contributed by atoms with van der Waals surface area (Å²) in [4.78, 5) is 24.7. The van der Waals surface area contributed by atoms with Gasteiger partial charge in [-0.15, -0.1) is 0 Å². The van der Waals surface area contributed by atoms with Gasteiger partial charge >= 0.3 is 5.97 Å². The number of benzene rings is 1. The van der Waals surface area contributed by atoms with Crippen LogP contribution in [0.1, 0.15) is 49.9 Å². The highest BCUT2D eigenvalue weighted by Gasteiger charge is 2.26. The number of methoxy groups -OCH3 is 2. The highest BCUT2D eigenvalue weighted by molar-refractivity contribution is 5.93. The Labute approximate surface area is 148 Å². The van der Waals surface area contributed by atoms with Crippen LogP contribution in [0.3, 0.4) is 0 Å². The van der Waals surface area contributed by atoms with Gasteiger partial charge in [-0.3, -0.25) is 4.79 Å². The molecule has 0 radical (unpaired) electrons. The maximum Gasteiger partial charge on any atom is 0.339 e. The van der Waals surface area contributed by atoms with Gasteiger partial charge in [0, 0.05) is 12.1 Å². The van der Waals surface area contributed by atoms with E-state index >= 15 is 0 Å². The molecule has 3 unspecified atom stereocenters. The number of nitrogens with one attached hydrogen (secondary N) is 1. The molecule has 1 amide bonds. The number of hydrogen-bond donors (Lipinski definition) is 1. The van der Waals surface area contributed by atoms with Crippen LogP contribution in [0.2, 0.25) is 0 Å². The zero-order valence-electron chi connectivity index (χ0n) is 15.3. The molecule has 1 N–H and O–H groups in total. The van der Waals surface area contributed by atoms with Gasteiger partial charge in [-0.05, 0) is 37.8 Å². The summed E-state index contributed by atoms with van der Waals surface area (Å²) in [5.74, 6) is 0.570. The van der Waals surface area contributed by atoms with Crippen LogP contribution < -0.4 is 14.8 Å². The number of amides is 1. The van der Waals surface area contributed by atoms with E-state index in [1.165, 1.54) is 20.6 Å². The van der Waals surface area contributed by atoms with Crippen LogP contribution in [-0.2, 0) is 9.53 Å². The first-order valence-electron chi connectivity index (χ1n) is 8.69. The fourth-order valence-corrected chi connectivity index (χ4v) is 3.04. The molecule has 0 aromatic heterocycles. The molecule has 25 heavy (non-hydrogen) atoms. The summed E-state index contributed by atoms with van der Waals surface area (Å²) in [6.45, 7) is 3.72. The number of ether oxygens (including phenoxy) is 3. The average Bonchev–Trinajstić information content (AvgIpc) is 2.62. The molecule has 3 atom stereocenters. The minimum absolute atomic E-state index is 0.152. The van der Waals surface area contributed by atoms with Gasteiger partial charge < -0.3 is 19.5 Å². The summed E-state index contributed by atoms with van der Waals surface area (Å²) in [5, 5.41) is 3.00. The standard InChI is InChI=1S/C19H27NO5/c1-12-7-5-6-8-17(12)20-18(21)13(2)25-19(22)14-9-15(23-3)11-16(10-14)24-4/h9-13,17H,5-8H2,1-4H3,(H,20,21). The van der Waals surface area contributed by atoms with Gasteiger partial charge in [0.15, 0.2) is 6.10 Å². The minimum atomic E-state index is -0.862. The number of rotatable bonds is 6. The van der Waals surface area contributed by atoms with E-state index in [1.807, 2.05) is 0 Å². The van der Waals surface area contributed by atoms with Crippen molar-refractivity contribution in [2.45, 2.75) is 51.7 Å². The lowest BCUT2D eigenvalue weighted by Gasteiger charge is -2.30. The fraction of sp³-hybridized carbons (Fsp3) is 0.579. The van der Waals surface area contributed by atoms with Crippen molar-refractivity contribution in [2.75, 3.05) is 14.2 Å². The zero-order valence-corrected chi connectivity index (χ0v) is 15.3. The van der Waals surface area contributed by atoms with Crippen LogP contribution in [-0.4, -0.2) is 38.2 Å². The van der Waals surface area contributed by atoms with Crippen LogP contribution in [0.15, 0.2) is 18.2 Å². The first kappa shape index (κ1) is 19.1. The molecular formula is C19H27NO5. The van der Waals surface area contributed by atoms with Crippen molar-refractivity contribution in [1.29, 1.82) is 0 Å². The molecule has 0 heterocycles. The molecule has 138 valence electrons. The Bertz CT molecular complexity index is 594. The molecule has 0 saturated heterocycles. The largest absolute Gasteiger partial charge is 0.497 e. The Kier molecular flexibility index (Phi) is 6.67. The minimum Gasteiger partial charge on any atom is -0.497 e. The summed E-state index contributed by atoms with van der Waals surface area (Å²) >= 11 is 0. The molecule has 6 nitrogen and oxygen atoms in total. The van der Waals surface area contributed by atoms with Crippen molar-refractivity contribution in [1.82, 2.24) is 5.32 Å². The third-order valence-corrected chi connectivity index (χ3v) is 4.68. The number of hydrogen-bond acceptors (Lipinski definition) is 5. The van der Waals surface area contributed by atoms with E-state index < -0.39 is 12.1 Å². The number of esters is 1. The Hall–Kier alpha value is -2.24. The van der Waals surface area contributed by atoms with Crippen LogP contribution in [0.5, 0.6) is 11.5 Å². The van der Waals surface area contributed by atoms with Crippen molar-refractivity contribution in [3.63, 3.8) is 0 Å². The van der Waals surface area contributed by atoms with Crippen molar-refractivity contribution in [3.8, 4) is 11.5 Å². The van der Waals surface area contributed by atoms with Crippen molar-refractivity contribution < 1.29 is 23.8 Å². The molecule has 2 rings (SSSR count). The molecule has 6 heteroatoms. The fourth-order valence-electron chi connectivity index (χ4n) is 3.04. The normalized spacial score (nSPS) is 21.1. The SMILES string of the molecule is COc1cc(OC)cc(C(=O)OC(C)C(=O)NC2CCCCC2C)c1. The predicted octanol–water partition coefficient (Wildman–Crippen LogP) is 2.94. The molecule has 0 spiro atoms. The first-order valence-corrected chi connectivity index (χ1v) is 8.69. The summed E-state index contributed by atoms with van der Waals surface area (Å²) in [7, 11) is 3.01. The molecule has 0 aliphatic heterocycles. The smallest absolute Gasteiger partial charge is 0.339 e. The Morgan fingerprint density at radius 1 is 1.08 bits per heavy atom. The van der Waals surface area contributed by atoms with Gasteiger partial charge in [-0.25, -0.2) is 4.79 Å². The maximum atomic E-state index is 12.3. The highest BCUT2D eigenvalue weighted by atomic mass is 16.5.